The molecule has 0 aliphatic heterocycles. The molecule has 1 aromatic rings. The van der Waals surface area contributed by atoms with Crippen LogP contribution in [0.3, 0.4) is 0 Å². The van der Waals surface area contributed by atoms with Gasteiger partial charge in [-0.1, -0.05) is 51.8 Å². The first-order valence-electron chi connectivity index (χ1n) is 7.84. The number of nitrogens with zero attached hydrogens (tertiary/aromatic N) is 1. The molecule has 0 unspecified atom stereocenters. The molecular formula is C18H25N3O. The lowest BCUT2D eigenvalue weighted by atomic mass is 10.0. The normalized spacial score (nSPS) is 11.1. The molecular weight excluding hydrogens is 274 g/mol. The van der Waals surface area contributed by atoms with Gasteiger partial charge >= 0.3 is 0 Å². The summed E-state index contributed by atoms with van der Waals surface area (Å²) < 4.78 is 0. The van der Waals surface area contributed by atoms with Gasteiger partial charge in [-0.25, -0.2) is 0 Å². The van der Waals surface area contributed by atoms with Crippen molar-refractivity contribution in [3.63, 3.8) is 0 Å². The van der Waals surface area contributed by atoms with E-state index in [1.165, 1.54) is 6.20 Å². The highest BCUT2D eigenvalue weighted by molar-refractivity contribution is 6.06. The van der Waals surface area contributed by atoms with E-state index in [9.17, 15) is 4.79 Å². The van der Waals surface area contributed by atoms with Gasteiger partial charge in [-0.2, -0.15) is 5.26 Å². The summed E-state index contributed by atoms with van der Waals surface area (Å²) in [4.78, 5) is 12.2. The minimum atomic E-state index is -0.376. The van der Waals surface area contributed by atoms with Crippen molar-refractivity contribution in [2.75, 3.05) is 11.9 Å². The molecule has 0 aliphatic carbocycles. The van der Waals surface area contributed by atoms with Crippen molar-refractivity contribution in [3.05, 3.63) is 41.6 Å². The van der Waals surface area contributed by atoms with Crippen LogP contribution in [0, 0.1) is 11.3 Å². The molecule has 1 aromatic carbocycles. The van der Waals surface area contributed by atoms with Crippen molar-refractivity contribution in [1.29, 1.82) is 5.26 Å². The molecule has 0 spiro atoms. The molecule has 118 valence electrons. The van der Waals surface area contributed by atoms with Gasteiger partial charge in [0.25, 0.3) is 5.91 Å². The summed E-state index contributed by atoms with van der Waals surface area (Å²) in [7, 11) is 0. The first kappa shape index (κ1) is 17.8. The van der Waals surface area contributed by atoms with Crippen LogP contribution in [0.15, 0.2) is 36.0 Å². The minimum absolute atomic E-state index is 0.0926. The molecule has 0 radical (unpaired) electrons. The van der Waals surface area contributed by atoms with Crippen molar-refractivity contribution >= 4 is 11.6 Å². The zero-order valence-electron chi connectivity index (χ0n) is 13.6. The lowest BCUT2D eigenvalue weighted by molar-refractivity contribution is -0.112. The zero-order valence-corrected chi connectivity index (χ0v) is 13.6. The number of amides is 1. The fourth-order valence-electron chi connectivity index (χ4n) is 2.10. The van der Waals surface area contributed by atoms with E-state index in [1.54, 1.807) is 0 Å². The van der Waals surface area contributed by atoms with E-state index in [-0.39, 0.29) is 11.5 Å². The highest BCUT2D eigenvalue weighted by Gasteiger charge is 2.12. The van der Waals surface area contributed by atoms with Gasteiger partial charge in [0.15, 0.2) is 0 Å². The Hall–Kier alpha value is -2.28. The fraction of sp³-hybridized carbons (Fsp3) is 0.444. The lowest BCUT2D eigenvalue weighted by Crippen LogP contribution is -2.18. The Labute approximate surface area is 133 Å². The van der Waals surface area contributed by atoms with Crippen LogP contribution in [0.25, 0.3) is 0 Å². The third-order valence-electron chi connectivity index (χ3n) is 3.37. The molecule has 4 heteroatoms. The zero-order chi connectivity index (χ0) is 16.4. The highest BCUT2D eigenvalue weighted by Crippen LogP contribution is 2.23. The van der Waals surface area contributed by atoms with Crippen molar-refractivity contribution in [2.24, 2.45) is 0 Å². The molecule has 0 heterocycles. The first-order valence-corrected chi connectivity index (χ1v) is 7.84. The third kappa shape index (κ3) is 5.61. The number of carbonyl (C=O) groups excluding carboxylic acids is 1. The smallest absolute Gasteiger partial charge is 0.267 e. The maximum absolute atomic E-state index is 12.2. The van der Waals surface area contributed by atoms with Crippen LogP contribution in [-0.4, -0.2) is 12.5 Å². The molecule has 1 amide bonds. The summed E-state index contributed by atoms with van der Waals surface area (Å²) in [5, 5.41) is 15.0. The number of para-hydroxylation sites is 1. The second-order valence-electron chi connectivity index (χ2n) is 5.53. The number of hydrogen-bond donors (Lipinski definition) is 2. The molecule has 1 rings (SSSR count). The van der Waals surface area contributed by atoms with Crippen LogP contribution in [0.4, 0.5) is 5.69 Å². The van der Waals surface area contributed by atoms with Gasteiger partial charge in [-0.3, -0.25) is 4.79 Å². The van der Waals surface area contributed by atoms with Crippen LogP contribution >= 0.6 is 0 Å². The van der Waals surface area contributed by atoms with E-state index in [2.05, 4.69) is 31.4 Å². The minimum Gasteiger partial charge on any atom is -0.390 e. The first-order chi connectivity index (χ1) is 10.6. The van der Waals surface area contributed by atoms with Gasteiger partial charge < -0.3 is 10.6 Å². The van der Waals surface area contributed by atoms with Crippen LogP contribution in [0.2, 0.25) is 0 Å². The number of nitriles is 1. The highest BCUT2D eigenvalue weighted by atomic mass is 16.1. The van der Waals surface area contributed by atoms with E-state index in [1.807, 2.05) is 30.3 Å². The SMILES string of the molecule is CCCCCN/C=C(/C#N)C(=O)Nc1ccccc1C(C)C. The van der Waals surface area contributed by atoms with Gasteiger partial charge in [0.2, 0.25) is 0 Å². The van der Waals surface area contributed by atoms with Gasteiger partial charge in [0.05, 0.1) is 0 Å². The van der Waals surface area contributed by atoms with Crippen LogP contribution in [0.1, 0.15) is 51.5 Å². The standard InChI is InChI=1S/C18H25N3O/c1-4-5-8-11-20-13-15(12-19)18(22)21-17-10-7-6-9-16(17)14(2)3/h6-7,9-10,13-14,20H,4-5,8,11H2,1-3H3,(H,21,22)/b15-13-. The van der Waals surface area contributed by atoms with E-state index >= 15 is 0 Å². The van der Waals surface area contributed by atoms with E-state index < -0.39 is 0 Å². The molecule has 0 bridgehead atoms. The molecule has 0 fully saturated rings. The molecule has 0 atom stereocenters. The topological polar surface area (TPSA) is 64.9 Å². The Morgan fingerprint density at radius 3 is 2.68 bits per heavy atom. The maximum atomic E-state index is 12.2. The average molecular weight is 299 g/mol. The number of nitrogens with one attached hydrogen (secondary N) is 2. The summed E-state index contributed by atoms with van der Waals surface area (Å²) in [5.74, 6) is -0.0724. The number of rotatable bonds is 8. The molecule has 0 saturated carbocycles. The Morgan fingerprint density at radius 1 is 1.32 bits per heavy atom. The Bertz CT molecular complexity index is 556. The van der Waals surface area contributed by atoms with E-state index in [0.717, 1.165) is 37.1 Å². The summed E-state index contributed by atoms with van der Waals surface area (Å²) >= 11 is 0. The summed E-state index contributed by atoms with van der Waals surface area (Å²) in [6.45, 7) is 7.05. The van der Waals surface area contributed by atoms with Crippen LogP contribution in [0.5, 0.6) is 0 Å². The van der Waals surface area contributed by atoms with Gasteiger partial charge in [0.1, 0.15) is 11.6 Å². The molecule has 0 aliphatic rings. The molecule has 0 saturated heterocycles. The second kappa shape index (κ2) is 9.62. The number of benzene rings is 1. The predicted octanol–water partition coefficient (Wildman–Crippen LogP) is 3.94. The molecule has 2 N–H and O–H groups in total. The number of unbranched alkanes of at least 4 members (excludes halogenated alkanes) is 2. The summed E-state index contributed by atoms with van der Waals surface area (Å²) in [5.41, 5.74) is 1.91. The van der Waals surface area contributed by atoms with Crippen molar-refractivity contribution in [2.45, 2.75) is 46.0 Å². The quantitative estimate of drug-likeness (QED) is 0.434. The Kier molecular flexibility index (Phi) is 7.77. The van der Waals surface area contributed by atoms with Crippen LogP contribution < -0.4 is 10.6 Å². The molecule has 4 nitrogen and oxygen atoms in total. The number of anilines is 1. The number of hydrogen-bond acceptors (Lipinski definition) is 3. The largest absolute Gasteiger partial charge is 0.390 e. The predicted molar refractivity (Wildman–Crippen MR) is 90.4 cm³/mol. The molecule has 0 aromatic heterocycles. The third-order valence-corrected chi connectivity index (χ3v) is 3.37. The average Bonchev–Trinajstić information content (AvgIpc) is 2.51. The second-order valence-corrected chi connectivity index (χ2v) is 5.53. The molecule has 22 heavy (non-hydrogen) atoms. The van der Waals surface area contributed by atoms with E-state index in [0.29, 0.717) is 5.92 Å². The van der Waals surface area contributed by atoms with Crippen LogP contribution in [-0.2, 0) is 4.79 Å². The fourth-order valence-corrected chi connectivity index (χ4v) is 2.10. The monoisotopic (exact) mass is 299 g/mol. The summed E-state index contributed by atoms with van der Waals surface area (Å²) in [6, 6.07) is 9.61. The van der Waals surface area contributed by atoms with Crippen molar-refractivity contribution < 1.29 is 4.79 Å². The van der Waals surface area contributed by atoms with Crippen molar-refractivity contribution in [1.82, 2.24) is 5.32 Å². The summed E-state index contributed by atoms with van der Waals surface area (Å²) in [6.07, 6.45) is 4.81. The number of carbonyl (C=O) groups is 1. The van der Waals surface area contributed by atoms with Gasteiger partial charge in [-0.15, -0.1) is 0 Å². The Balaban J connectivity index is 2.70. The Morgan fingerprint density at radius 2 is 2.05 bits per heavy atom. The van der Waals surface area contributed by atoms with E-state index in [4.69, 9.17) is 5.26 Å². The van der Waals surface area contributed by atoms with Gasteiger partial charge in [-0.05, 0) is 24.0 Å². The lowest BCUT2D eigenvalue weighted by Gasteiger charge is -2.13. The van der Waals surface area contributed by atoms with Gasteiger partial charge in [0, 0.05) is 18.4 Å². The maximum Gasteiger partial charge on any atom is 0.267 e. The van der Waals surface area contributed by atoms with Crippen molar-refractivity contribution in [3.8, 4) is 6.07 Å².